The van der Waals surface area contributed by atoms with Gasteiger partial charge in [0.15, 0.2) is 5.89 Å². The van der Waals surface area contributed by atoms with Crippen LogP contribution in [0.5, 0.6) is 0 Å². The molecule has 0 radical (unpaired) electrons. The molecule has 0 N–H and O–H groups in total. The molecule has 0 saturated carbocycles. The van der Waals surface area contributed by atoms with Gasteiger partial charge in [0.1, 0.15) is 11.5 Å². The fourth-order valence-electron chi connectivity index (χ4n) is 1.79. The summed E-state index contributed by atoms with van der Waals surface area (Å²) in [5.74, 6) is 0.992. The quantitative estimate of drug-likeness (QED) is 0.805. The number of aryl methyl sites for hydroxylation is 2. The summed E-state index contributed by atoms with van der Waals surface area (Å²) >= 11 is 5.86. The molecule has 0 aliphatic rings. The van der Waals surface area contributed by atoms with Gasteiger partial charge in [-0.3, -0.25) is 4.79 Å². The molecule has 4 nitrogen and oxygen atoms in total. The number of hydrogen-bond acceptors (Lipinski definition) is 4. The molecule has 5 heteroatoms. The molecule has 0 bridgehead atoms. The van der Waals surface area contributed by atoms with Crippen LogP contribution in [0.1, 0.15) is 18.1 Å². The number of nitrogens with zero attached hydrogens (tertiary/aromatic N) is 1. The Bertz CT molecular complexity index is 575. The molecule has 0 fully saturated rings. The Kier molecular flexibility index (Phi) is 4.22. The van der Waals surface area contributed by atoms with E-state index in [4.69, 9.17) is 16.0 Å². The summed E-state index contributed by atoms with van der Waals surface area (Å²) in [5.41, 5.74) is 1.67. The second-order valence-corrected chi connectivity index (χ2v) is 4.52. The number of benzene rings is 1. The standard InChI is InChI=1S/C14H14ClNO3/c1-9-16-14(10-3-5-11(15)6-4-10)12(19-9)7-8-13(17)18-2/h3-6H,7-8H2,1-2H3. The minimum absolute atomic E-state index is 0.267. The van der Waals surface area contributed by atoms with Gasteiger partial charge in [0.25, 0.3) is 0 Å². The second kappa shape index (κ2) is 5.89. The van der Waals surface area contributed by atoms with E-state index < -0.39 is 0 Å². The molecule has 0 unspecified atom stereocenters. The van der Waals surface area contributed by atoms with Crippen molar-refractivity contribution in [2.75, 3.05) is 7.11 Å². The molecule has 1 aromatic carbocycles. The maximum atomic E-state index is 11.2. The summed E-state index contributed by atoms with van der Waals surface area (Å²) in [6, 6.07) is 7.35. The van der Waals surface area contributed by atoms with Gasteiger partial charge >= 0.3 is 5.97 Å². The largest absolute Gasteiger partial charge is 0.469 e. The van der Waals surface area contributed by atoms with Gasteiger partial charge in [0.05, 0.1) is 13.5 Å². The van der Waals surface area contributed by atoms with Crippen molar-refractivity contribution in [3.05, 3.63) is 40.9 Å². The maximum Gasteiger partial charge on any atom is 0.305 e. The van der Waals surface area contributed by atoms with Crippen molar-refractivity contribution >= 4 is 17.6 Å². The molecule has 0 amide bonds. The van der Waals surface area contributed by atoms with Gasteiger partial charge in [0.2, 0.25) is 0 Å². The highest BCUT2D eigenvalue weighted by Gasteiger charge is 2.14. The molecule has 0 saturated heterocycles. The molecule has 2 rings (SSSR count). The fraction of sp³-hybridized carbons (Fsp3) is 0.286. The van der Waals surface area contributed by atoms with Gasteiger partial charge in [-0.1, -0.05) is 23.7 Å². The Balaban J connectivity index is 2.25. The number of methoxy groups -OCH3 is 1. The Labute approximate surface area is 116 Å². The van der Waals surface area contributed by atoms with Crippen molar-refractivity contribution in [2.45, 2.75) is 19.8 Å². The molecule has 0 aliphatic heterocycles. The van der Waals surface area contributed by atoms with Crippen LogP contribution < -0.4 is 0 Å². The van der Waals surface area contributed by atoms with E-state index in [1.54, 1.807) is 19.1 Å². The predicted octanol–water partition coefficient (Wildman–Crippen LogP) is 3.41. The van der Waals surface area contributed by atoms with E-state index in [-0.39, 0.29) is 12.4 Å². The third-order valence-corrected chi connectivity index (χ3v) is 2.96. The van der Waals surface area contributed by atoms with Gasteiger partial charge in [0, 0.05) is 23.9 Å². The van der Waals surface area contributed by atoms with Crippen LogP contribution in [-0.4, -0.2) is 18.1 Å². The zero-order chi connectivity index (χ0) is 13.8. The van der Waals surface area contributed by atoms with Crippen molar-refractivity contribution in [1.82, 2.24) is 4.98 Å². The topological polar surface area (TPSA) is 52.3 Å². The number of carbonyl (C=O) groups excluding carboxylic acids is 1. The molecule has 1 aromatic heterocycles. The average molecular weight is 280 g/mol. The second-order valence-electron chi connectivity index (χ2n) is 4.09. The summed E-state index contributed by atoms with van der Waals surface area (Å²) < 4.78 is 10.2. The molecule has 2 aromatic rings. The number of rotatable bonds is 4. The third kappa shape index (κ3) is 3.35. The van der Waals surface area contributed by atoms with E-state index in [0.29, 0.717) is 23.1 Å². The van der Waals surface area contributed by atoms with Gasteiger partial charge in [-0.15, -0.1) is 0 Å². The minimum atomic E-state index is -0.267. The third-order valence-electron chi connectivity index (χ3n) is 2.71. The molecular formula is C14H14ClNO3. The number of esters is 1. The first-order valence-corrected chi connectivity index (χ1v) is 6.27. The summed E-state index contributed by atoms with van der Waals surface area (Å²) in [4.78, 5) is 15.5. The zero-order valence-corrected chi connectivity index (χ0v) is 11.5. The summed E-state index contributed by atoms with van der Waals surface area (Å²) in [6.07, 6.45) is 0.733. The van der Waals surface area contributed by atoms with Crippen molar-refractivity contribution in [1.29, 1.82) is 0 Å². The van der Waals surface area contributed by atoms with E-state index in [1.165, 1.54) is 7.11 Å². The average Bonchev–Trinajstić information content (AvgIpc) is 2.78. The fourth-order valence-corrected chi connectivity index (χ4v) is 1.92. The lowest BCUT2D eigenvalue weighted by atomic mass is 10.1. The van der Waals surface area contributed by atoms with Gasteiger partial charge in [-0.2, -0.15) is 0 Å². The van der Waals surface area contributed by atoms with Crippen LogP contribution in [0.25, 0.3) is 11.3 Å². The molecular weight excluding hydrogens is 266 g/mol. The Morgan fingerprint density at radius 1 is 1.37 bits per heavy atom. The van der Waals surface area contributed by atoms with Gasteiger partial charge in [-0.25, -0.2) is 4.98 Å². The first kappa shape index (κ1) is 13.6. The maximum absolute atomic E-state index is 11.2. The minimum Gasteiger partial charge on any atom is -0.469 e. The molecule has 0 atom stereocenters. The highest BCUT2D eigenvalue weighted by atomic mass is 35.5. The first-order chi connectivity index (χ1) is 9.10. The number of halogens is 1. The molecule has 0 spiro atoms. The smallest absolute Gasteiger partial charge is 0.305 e. The van der Waals surface area contributed by atoms with Crippen molar-refractivity contribution < 1.29 is 13.9 Å². The number of hydrogen-bond donors (Lipinski definition) is 0. The van der Waals surface area contributed by atoms with Crippen LogP contribution in [0.15, 0.2) is 28.7 Å². The van der Waals surface area contributed by atoms with Crippen molar-refractivity contribution in [2.24, 2.45) is 0 Å². The van der Waals surface area contributed by atoms with Crippen molar-refractivity contribution in [3.63, 3.8) is 0 Å². The van der Waals surface area contributed by atoms with Crippen LogP contribution >= 0.6 is 11.6 Å². The van der Waals surface area contributed by atoms with E-state index in [0.717, 1.165) is 11.3 Å². The van der Waals surface area contributed by atoms with Crippen LogP contribution in [-0.2, 0) is 16.0 Å². The number of oxazole rings is 1. The Morgan fingerprint density at radius 3 is 2.68 bits per heavy atom. The van der Waals surface area contributed by atoms with Crippen LogP contribution in [0.2, 0.25) is 5.02 Å². The summed E-state index contributed by atoms with van der Waals surface area (Å²) in [5, 5.41) is 0.667. The van der Waals surface area contributed by atoms with E-state index >= 15 is 0 Å². The van der Waals surface area contributed by atoms with Gasteiger partial charge in [-0.05, 0) is 12.1 Å². The lowest BCUT2D eigenvalue weighted by Gasteiger charge is -2.01. The van der Waals surface area contributed by atoms with E-state index in [1.807, 2.05) is 12.1 Å². The lowest BCUT2D eigenvalue weighted by molar-refractivity contribution is -0.140. The lowest BCUT2D eigenvalue weighted by Crippen LogP contribution is -2.02. The SMILES string of the molecule is COC(=O)CCc1oc(C)nc1-c1ccc(Cl)cc1. The Hall–Kier alpha value is -1.81. The number of carbonyl (C=O) groups is 1. The van der Waals surface area contributed by atoms with Gasteiger partial charge < -0.3 is 9.15 Å². The van der Waals surface area contributed by atoms with E-state index in [2.05, 4.69) is 9.72 Å². The van der Waals surface area contributed by atoms with Crippen molar-refractivity contribution in [3.8, 4) is 11.3 Å². The molecule has 1 heterocycles. The molecule has 100 valence electrons. The first-order valence-electron chi connectivity index (χ1n) is 5.89. The zero-order valence-electron chi connectivity index (χ0n) is 10.8. The molecule has 0 aliphatic carbocycles. The highest BCUT2D eigenvalue weighted by Crippen LogP contribution is 2.26. The normalized spacial score (nSPS) is 10.5. The number of ether oxygens (including phenoxy) is 1. The predicted molar refractivity (Wildman–Crippen MR) is 72.0 cm³/mol. The Morgan fingerprint density at radius 2 is 2.05 bits per heavy atom. The summed E-state index contributed by atoms with van der Waals surface area (Å²) in [7, 11) is 1.37. The van der Waals surface area contributed by atoms with Crippen LogP contribution in [0.4, 0.5) is 0 Å². The molecule has 19 heavy (non-hydrogen) atoms. The summed E-state index contributed by atoms with van der Waals surface area (Å²) in [6.45, 7) is 1.78. The van der Waals surface area contributed by atoms with E-state index in [9.17, 15) is 4.79 Å². The highest BCUT2D eigenvalue weighted by molar-refractivity contribution is 6.30. The monoisotopic (exact) mass is 279 g/mol. The number of aromatic nitrogens is 1. The van der Waals surface area contributed by atoms with Crippen LogP contribution in [0, 0.1) is 6.92 Å². The van der Waals surface area contributed by atoms with Crippen LogP contribution in [0.3, 0.4) is 0 Å².